The molecule has 0 aromatic heterocycles. The molecular formula is C14H21N3O2S. The van der Waals surface area contributed by atoms with E-state index in [4.69, 9.17) is 5.26 Å². The third-order valence-electron chi connectivity index (χ3n) is 3.50. The fraction of sp³-hybridized carbons (Fsp3) is 0.500. The maximum Gasteiger partial charge on any atom is 0.240 e. The summed E-state index contributed by atoms with van der Waals surface area (Å²) in [6.45, 7) is 5.91. The Hall–Kier alpha value is -1.42. The lowest BCUT2D eigenvalue weighted by molar-refractivity contribution is 0.199. The van der Waals surface area contributed by atoms with Crippen LogP contribution in [0.2, 0.25) is 0 Å². The Morgan fingerprint density at radius 3 is 2.40 bits per heavy atom. The molecule has 0 aliphatic heterocycles. The van der Waals surface area contributed by atoms with Crippen molar-refractivity contribution in [1.82, 2.24) is 9.62 Å². The van der Waals surface area contributed by atoms with Crippen LogP contribution in [0, 0.1) is 18.3 Å². The predicted octanol–water partition coefficient (Wildman–Crippen LogP) is 1.49. The van der Waals surface area contributed by atoms with Gasteiger partial charge in [-0.2, -0.15) is 5.26 Å². The van der Waals surface area contributed by atoms with E-state index in [1.807, 2.05) is 38.9 Å². The van der Waals surface area contributed by atoms with E-state index in [1.165, 1.54) is 12.1 Å². The minimum absolute atomic E-state index is 0.214. The molecule has 0 amide bonds. The van der Waals surface area contributed by atoms with Gasteiger partial charge in [0.15, 0.2) is 0 Å². The molecule has 1 aromatic rings. The van der Waals surface area contributed by atoms with Crippen molar-refractivity contribution in [3.05, 3.63) is 29.3 Å². The van der Waals surface area contributed by atoms with Gasteiger partial charge in [0.2, 0.25) is 10.0 Å². The van der Waals surface area contributed by atoms with Crippen molar-refractivity contribution >= 4 is 10.0 Å². The highest BCUT2D eigenvalue weighted by Crippen LogP contribution is 2.17. The van der Waals surface area contributed by atoms with Crippen LogP contribution in [-0.2, 0) is 10.0 Å². The minimum atomic E-state index is -3.57. The third kappa shape index (κ3) is 3.79. The topological polar surface area (TPSA) is 73.2 Å². The Morgan fingerprint density at radius 2 is 1.95 bits per heavy atom. The summed E-state index contributed by atoms with van der Waals surface area (Å²) in [5.41, 5.74) is 0.738. The van der Waals surface area contributed by atoms with Gasteiger partial charge in [-0.25, -0.2) is 13.1 Å². The van der Waals surface area contributed by atoms with Crippen LogP contribution in [-0.4, -0.2) is 39.5 Å². The van der Waals surface area contributed by atoms with Gasteiger partial charge in [0, 0.05) is 12.1 Å². The van der Waals surface area contributed by atoms with Gasteiger partial charge in [0.05, 0.1) is 16.5 Å². The van der Waals surface area contributed by atoms with E-state index in [1.54, 1.807) is 13.0 Å². The molecule has 0 spiro atoms. The summed E-state index contributed by atoms with van der Waals surface area (Å²) in [5, 5.41) is 8.81. The number of rotatable bonds is 5. The van der Waals surface area contributed by atoms with Gasteiger partial charge in [-0.1, -0.05) is 0 Å². The SMILES string of the molecule is Cc1cc(C#N)ccc1S(=O)(=O)NCC(C)(C)N(C)C. The van der Waals surface area contributed by atoms with Gasteiger partial charge in [-0.05, 0) is 58.6 Å². The molecule has 110 valence electrons. The highest BCUT2D eigenvalue weighted by Gasteiger charge is 2.24. The maximum atomic E-state index is 12.3. The highest BCUT2D eigenvalue weighted by molar-refractivity contribution is 7.89. The van der Waals surface area contributed by atoms with Gasteiger partial charge in [-0.3, -0.25) is 0 Å². The lowest BCUT2D eigenvalue weighted by Crippen LogP contribution is -2.48. The molecule has 6 heteroatoms. The molecule has 1 N–H and O–H groups in total. The number of nitrogens with one attached hydrogen (secondary N) is 1. The van der Waals surface area contributed by atoms with E-state index in [2.05, 4.69) is 4.72 Å². The molecule has 0 heterocycles. The number of aryl methyl sites for hydroxylation is 1. The first-order chi connectivity index (χ1) is 9.10. The lowest BCUT2D eigenvalue weighted by atomic mass is 10.1. The van der Waals surface area contributed by atoms with Crippen LogP contribution in [0.4, 0.5) is 0 Å². The zero-order valence-electron chi connectivity index (χ0n) is 12.6. The number of hydrogen-bond donors (Lipinski definition) is 1. The quantitative estimate of drug-likeness (QED) is 0.893. The Balaban J connectivity index is 2.99. The van der Waals surface area contributed by atoms with Crippen LogP contribution in [0.3, 0.4) is 0 Å². The third-order valence-corrected chi connectivity index (χ3v) is 5.06. The second-order valence-electron chi connectivity index (χ2n) is 5.62. The van der Waals surface area contributed by atoms with Crippen LogP contribution >= 0.6 is 0 Å². The van der Waals surface area contributed by atoms with E-state index in [0.717, 1.165) is 0 Å². The molecule has 0 saturated carbocycles. The monoisotopic (exact) mass is 295 g/mol. The van der Waals surface area contributed by atoms with Crippen LogP contribution in [0.1, 0.15) is 25.0 Å². The molecule has 5 nitrogen and oxygen atoms in total. The van der Waals surface area contributed by atoms with Crippen molar-refractivity contribution in [1.29, 1.82) is 5.26 Å². The molecule has 0 aliphatic carbocycles. The first kappa shape index (κ1) is 16.6. The zero-order valence-corrected chi connectivity index (χ0v) is 13.4. The van der Waals surface area contributed by atoms with Crippen molar-refractivity contribution < 1.29 is 8.42 Å². The van der Waals surface area contributed by atoms with Crippen molar-refractivity contribution in [3.8, 4) is 6.07 Å². The molecule has 0 unspecified atom stereocenters. The molecule has 0 radical (unpaired) electrons. The highest BCUT2D eigenvalue weighted by atomic mass is 32.2. The van der Waals surface area contributed by atoms with Crippen LogP contribution in [0.25, 0.3) is 0 Å². The summed E-state index contributed by atoms with van der Waals surface area (Å²) >= 11 is 0. The minimum Gasteiger partial charge on any atom is -0.303 e. The summed E-state index contributed by atoms with van der Waals surface area (Å²) in [7, 11) is 0.239. The zero-order chi connectivity index (χ0) is 15.6. The summed E-state index contributed by atoms with van der Waals surface area (Å²) in [5.74, 6) is 0. The Bertz CT molecular complexity index is 628. The van der Waals surface area contributed by atoms with E-state index in [-0.39, 0.29) is 10.4 Å². The molecule has 0 atom stereocenters. The van der Waals surface area contributed by atoms with E-state index in [0.29, 0.717) is 17.7 Å². The average Bonchev–Trinajstić information content (AvgIpc) is 2.36. The number of nitriles is 1. The van der Waals surface area contributed by atoms with Gasteiger partial charge in [0.1, 0.15) is 0 Å². The van der Waals surface area contributed by atoms with E-state index >= 15 is 0 Å². The molecule has 0 bridgehead atoms. The van der Waals surface area contributed by atoms with Gasteiger partial charge < -0.3 is 4.90 Å². The van der Waals surface area contributed by atoms with Crippen LogP contribution < -0.4 is 4.72 Å². The maximum absolute atomic E-state index is 12.3. The largest absolute Gasteiger partial charge is 0.303 e. The fourth-order valence-corrected chi connectivity index (χ4v) is 2.96. The number of hydrogen-bond acceptors (Lipinski definition) is 4. The van der Waals surface area contributed by atoms with E-state index < -0.39 is 10.0 Å². The van der Waals surface area contributed by atoms with Crippen molar-refractivity contribution in [2.24, 2.45) is 0 Å². The number of benzene rings is 1. The predicted molar refractivity (Wildman–Crippen MR) is 78.8 cm³/mol. The molecule has 1 aromatic carbocycles. The van der Waals surface area contributed by atoms with E-state index in [9.17, 15) is 8.42 Å². The molecule has 0 aliphatic rings. The van der Waals surface area contributed by atoms with Crippen molar-refractivity contribution in [2.75, 3.05) is 20.6 Å². The summed E-state index contributed by atoms with van der Waals surface area (Å²) in [6.07, 6.45) is 0. The standard InChI is InChI=1S/C14H21N3O2S/c1-11-8-12(9-15)6-7-13(11)20(18,19)16-10-14(2,3)17(4)5/h6-8,16H,10H2,1-5H3. The van der Waals surface area contributed by atoms with Gasteiger partial charge >= 0.3 is 0 Å². The first-order valence-corrected chi connectivity index (χ1v) is 7.76. The molecule has 0 saturated heterocycles. The lowest BCUT2D eigenvalue weighted by Gasteiger charge is -2.32. The summed E-state index contributed by atoms with van der Waals surface area (Å²) in [6, 6.07) is 6.55. The van der Waals surface area contributed by atoms with Crippen molar-refractivity contribution in [3.63, 3.8) is 0 Å². The fourth-order valence-electron chi connectivity index (χ4n) is 1.53. The number of nitrogens with zero attached hydrogens (tertiary/aromatic N) is 2. The molecule has 1 rings (SSSR count). The summed E-state index contributed by atoms with van der Waals surface area (Å²) < 4.78 is 27.2. The van der Waals surface area contributed by atoms with Gasteiger partial charge in [0.25, 0.3) is 0 Å². The smallest absolute Gasteiger partial charge is 0.240 e. The van der Waals surface area contributed by atoms with Crippen LogP contribution in [0.15, 0.2) is 23.1 Å². The second kappa shape index (κ2) is 5.92. The molecular weight excluding hydrogens is 274 g/mol. The number of sulfonamides is 1. The van der Waals surface area contributed by atoms with Crippen LogP contribution in [0.5, 0.6) is 0 Å². The Labute approximate surface area is 121 Å². The summed E-state index contributed by atoms with van der Waals surface area (Å²) in [4.78, 5) is 2.17. The second-order valence-corrected chi connectivity index (χ2v) is 7.36. The normalized spacial score (nSPS) is 12.4. The molecule has 0 fully saturated rings. The molecule has 20 heavy (non-hydrogen) atoms. The average molecular weight is 295 g/mol. The van der Waals surface area contributed by atoms with Crippen molar-refractivity contribution in [2.45, 2.75) is 31.2 Å². The Kier molecular flexibility index (Phi) is 4.92. The first-order valence-electron chi connectivity index (χ1n) is 6.28. The Morgan fingerprint density at radius 1 is 1.35 bits per heavy atom. The van der Waals surface area contributed by atoms with Gasteiger partial charge in [-0.15, -0.1) is 0 Å². The number of likely N-dealkylation sites (N-methyl/N-ethyl adjacent to an activating group) is 1.